The maximum atomic E-state index is 12.0. The second kappa shape index (κ2) is 4.75. The molecular formula is C10H18N4O2S. The molecule has 1 fully saturated rings. The fraction of sp³-hybridized carbons (Fsp3) is 0.700. The third-order valence-electron chi connectivity index (χ3n) is 3.18. The average Bonchev–Trinajstić information content (AvgIpc) is 2.77. The van der Waals surface area contributed by atoms with Crippen molar-refractivity contribution >= 4 is 10.0 Å². The summed E-state index contributed by atoms with van der Waals surface area (Å²) in [7, 11) is -3.52. The topological polar surface area (TPSA) is 78.1 Å². The third-order valence-corrected chi connectivity index (χ3v) is 4.44. The molecule has 0 amide bonds. The van der Waals surface area contributed by atoms with Crippen molar-refractivity contribution < 1.29 is 8.42 Å². The highest BCUT2D eigenvalue weighted by molar-refractivity contribution is 7.89. The van der Waals surface area contributed by atoms with Gasteiger partial charge in [-0.15, -0.1) is 4.83 Å². The number of nitrogens with zero attached hydrogens (tertiary/aromatic N) is 2. The Morgan fingerprint density at radius 1 is 1.41 bits per heavy atom. The molecule has 0 bridgehead atoms. The van der Waals surface area contributed by atoms with Crippen LogP contribution in [0.4, 0.5) is 0 Å². The van der Waals surface area contributed by atoms with Gasteiger partial charge in [0.1, 0.15) is 0 Å². The summed E-state index contributed by atoms with van der Waals surface area (Å²) in [6.07, 6.45) is 4.59. The Morgan fingerprint density at radius 3 is 2.59 bits per heavy atom. The predicted molar refractivity (Wildman–Crippen MR) is 63.5 cm³/mol. The van der Waals surface area contributed by atoms with Crippen molar-refractivity contribution in [1.29, 1.82) is 0 Å². The van der Waals surface area contributed by atoms with Crippen molar-refractivity contribution in [1.82, 2.24) is 20.0 Å². The highest BCUT2D eigenvalue weighted by Crippen LogP contribution is 2.21. The molecule has 0 radical (unpaired) electrons. The van der Waals surface area contributed by atoms with Gasteiger partial charge in [0.05, 0.1) is 6.20 Å². The minimum absolute atomic E-state index is 0.0995. The lowest BCUT2D eigenvalue weighted by Gasteiger charge is -2.38. The molecular weight excluding hydrogens is 240 g/mol. The molecule has 1 aromatic rings. The Kier molecular flexibility index (Phi) is 3.50. The zero-order chi connectivity index (χ0) is 12.5. The first-order chi connectivity index (χ1) is 8.00. The van der Waals surface area contributed by atoms with Crippen LogP contribution < -0.4 is 4.83 Å². The van der Waals surface area contributed by atoms with Crippen LogP contribution in [0.25, 0.3) is 0 Å². The van der Waals surface area contributed by atoms with Crippen LogP contribution in [0.1, 0.15) is 33.1 Å². The SMILES string of the molecule is CC1CCCC(C)N1NS(=O)(=O)c1ccn[nH]1. The maximum absolute atomic E-state index is 12.0. The van der Waals surface area contributed by atoms with E-state index < -0.39 is 10.0 Å². The number of aromatic nitrogens is 2. The van der Waals surface area contributed by atoms with Gasteiger partial charge in [0.2, 0.25) is 0 Å². The van der Waals surface area contributed by atoms with Gasteiger partial charge in [-0.1, -0.05) is 6.42 Å². The Balaban J connectivity index is 2.15. The molecule has 1 saturated heterocycles. The summed E-state index contributed by atoms with van der Waals surface area (Å²) in [5.74, 6) is 0. The Labute approximate surface area is 101 Å². The molecule has 1 aliphatic rings. The molecule has 6 nitrogen and oxygen atoms in total. The molecule has 2 atom stereocenters. The van der Waals surface area contributed by atoms with E-state index in [-0.39, 0.29) is 17.1 Å². The highest BCUT2D eigenvalue weighted by atomic mass is 32.2. The molecule has 96 valence electrons. The van der Waals surface area contributed by atoms with Crippen molar-refractivity contribution in [2.45, 2.75) is 50.2 Å². The number of H-pyrrole nitrogens is 1. The molecule has 2 heterocycles. The monoisotopic (exact) mass is 258 g/mol. The van der Waals surface area contributed by atoms with Crippen molar-refractivity contribution in [3.63, 3.8) is 0 Å². The summed E-state index contributed by atoms with van der Waals surface area (Å²) in [4.78, 5) is 2.63. The largest absolute Gasteiger partial charge is 0.270 e. The first kappa shape index (κ1) is 12.5. The lowest BCUT2D eigenvalue weighted by Crippen LogP contribution is -2.53. The number of nitrogens with one attached hydrogen (secondary N) is 2. The lowest BCUT2D eigenvalue weighted by atomic mass is 10.0. The number of aromatic amines is 1. The minimum Gasteiger partial charge on any atom is -0.266 e. The van der Waals surface area contributed by atoms with E-state index in [0.717, 1.165) is 19.3 Å². The van der Waals surface area contributed by atoms with Crippen LogP contribution in [0.3, 0.4) is 0 Å². The van der Waals surface area contributed by atoms with E-state index in [4.69, 9.17) is 0 Å². The highest BCUT2D eigenvalue weighted by Gasteiger charge is 2.29. The zero-order valence-corrected chi connectivity index (χ0v) is 10.9. The summed E-state index contributed by atoms with van der Waals surface area (Å²) in [6, 6.07) is 1.88. The number of hydrazine groups is 1. The van der Waals surface area contributed by atoms with E-state index in [1.807, 2.05) is 18.9 Å². The summed E-state index contributed by atoms with van der Waals surface area (Å²) in [5.41, 5.74) is 0. The molecule has 0 spiro atoms. The van der Waals surface area contributed by atoms with E-state index in [1.165, 1.54) is 12.3 Å². The van der Waals surface area contributed by atoms with Crippen molar-refractivity contribution in [2.75, 3.05) is 0 Å². The van der Waals surface area contributed by atoms with Gasteiger partial charge in [-0.25, -0.2) is 13.4 Å². The summed E-state index contributed by atoms with van der Waals surface area (Å²) in [6.45, 7) is 4.07. The van der Waals surface area contributed by atoms with Crippen LogP contribution in [-0.4, -0.2) is 35.7 Å². The lowest BCUT2D eigenvalue weighted by molar-refractivity contribution is 0.0789. The molecule has 0 saturated carbocycles. The molecule has 7 heteroatoms. The van der Waals surface area contributed by atoms with E-state index in [1.54, 1.807) is 0 Å². The quantitative estimate of drug-likeness (QED) is 0.843. The second-order valence-corrected chi connectivity index (χ2v) is 6.18. The van der Waals surface area contributed by atoms with E-state index in [9.17, 15) is 8.42 Å². The normalized spacial score (nSPS) is 27.2. The van der Waals surface area contributed by atoms with Crippen LogP contribution >= 0.6 is 0 Å². The molecule has 2 N–H and O–H groups in total. The summed E-state index contributed by atoms with van der Waals surface area (Å²) in [5, 5.41) is 8.05. The Bertz CT molecular complexity index is 447. The van der Waals surface area contributed by atoms with E-state index in [2.05, 4.69) is 15.0 Å². The van der Waals surface area contributed by atoms with Gasteiger partial charge in [0.25, 0.3) is 10.0 Å². The standard InChI is InChI=1S/C10H18N4O2S/c1-8-4-3-5-9(2)14(8)13-17(15,16)10-6-7-11-12-10/h6-9,13H,3-5H2,1-2H3,(H,11,12). The molecule has 1 aromatic heterocycles. The maximum Gasteiger partial charge on any atom is 0.270 e. The smallest absolute Gasteiger partial charge is 0.266 e. The fourth-order valence-electron chi connectivity index (χ4n) is 2.18. The number of hydrogen-bond donors (Lipinski definition) is 2. The van der Waals surface area contributed by atoms with E-state index in [0.29, 0.717) is 0 Å². The number of sulfonamides is 1. The van der Waals surface area contributed by atoms with Gasteiger partial charge < -0.3 is 0 Å². The van der Waals surface area contributed by atoms with E-state index >= 15 is 0 Å². The van der Waals surface area contributed by atoms with Gasteiger partial charge >= 0.3 is 0 Å². The first-order valence-corrected chi connectivity index (χ1v) is 7.29. The molecule has 1 aliphatic heterocycles. The van der Waals surface area contributed by atoms with Gasteiger partial charge in [0, 0.05) is 12.1 Å². The molecule has 17 heavy (non-hydrogen) atoms. The number of rotatable bonds is 3. The van der Waals surface area contributed by atoms with Crippen LogP contribution in [-0.2, 0) is 10.0 Å². The van der Waals surface area contributed by atoms with Crippen molar-refractivity contribution in [2.24, 2.45) is 0 Å². The fourth-order valence-corrected chi connectivity index (χ4v) is 3.33. The van der Waals surface area contributed by atoms with Crippen LogP contribution in [0.5, 0.6) is 0 Å². The molecule has 0 aliphatic carbocycles. The van der Waals surface area contributed by atoms with Crippen LogP contribution in [0.2, 0.25) is 0 Å². The molecule has 2 unspecified atom stereocenters. The van der Waals surface area contributed by atoms with Crippen LogP contribution in [0, 0.1) is 0 Å². The second-order valence-electron chi connectivity index (χ2n) is 4.55. The van der Waals surface area contributed by atoms with Gasteiger partial charge in [-0.05, 0) is 32.8 Å². The number of hydrogen-bond acceptors (Lipinski definition) is 4. The summed E-state index contributed by atoms with van der Waals surface area (Å²) >= 11 is 0. The van der Waals surface area contributed by atoms with Crippen molar-refractivity contribution in [3.8, 4) is 0 Å². The predicted octanol–water partition coefficient (Wildman–Crippen LogP) is 0.866. The minimum atomic E-state index is -3.52. The van der Waals surface area contributed by atoms with Crippen molar-refractivity contribution in [3.05, 3.63) is 12.3 Å². The molecule has 0 aromatic carbocycles. The average molecular weight is 258 g/mol. The summed E-state index contributed by atoms with van der Waals surface area (Å²) < 4.78 is 24.1. The van der Waals surface area contributed by atoms with Crippen LogP contribution in [0.15, 0.2) is 17.3 Å². The van der Waals surface area contributed by atoms with Gasteiger partial charge in [0.15, 0.2) is 5.03 Å². The number of piperidine rings is 1. The van der Waals surface area contributed by atoms with Gasteiger partial charge in [-0.3, -0.25) is 5.10 Å². The molecule has 2 rings (SSSR count). The first-order valence-electron chi connectivity index (χ1n) is 5.81. The Hall–Kier alpha value is -0.920. The third kappa shape index (κ3) is 2.67. The zero-order valence-electron chi connectivity index (χ0n) is 10.0. The van der Waals surface area contributed by atoms with Gasteiger partial charge in [-0.2, -0.15) is 5.10 Å². The Morgan fingerprint density at radius 2 is 2.06 bits per heavy atom.